The van der Waals surface area contributed by atoms with Crippen LogP contribution in [-0.2, 0) is 28.7 Å². The minimum absolute atomic E-state index is 0.197. The lowest BCUT2D eigenvalue weighted by Crippen LogP contribution is -2.25. The fourth-order valence-electron chi connectivity index (χ4n) is 1.39. The number of carbonyl (C=O) groups excluding carboxylic acids is 4. The zero-order chi connectivity index (χ0) is 17.1. The number of ketones is 2. The maximum Gasteiger partial charge on any atom is 0.321 e. The first-order valence-corrected chi connectivity index (χ1v) is 6.51. The van der Waals surface area contributed by atoms with Crippen LogP contribution in [0.4, 0.5) is 0 Å². The molecule has 0 radical (unpaired) electrons. The van der Waals surface area contributed by atoms with Gasteiger partial charge < -0.3 is 9.47 Å². The van der Waals surface area contributed by atoms with Crippen molar-refractivity contribution in [2.45, 2.75) is 13.8 Å². The standard InChI is InChI=1S/C14H20N2O6/c1-9(17)11(13(19)21-3)7-15-5-6-16-8-12(10(2)18)14(20)22-4/h7-8,11-12H,5-6H2,1-4H3. The molecule has 0 fully saturated rings. The van der Waals surface area contributed by atoms with Gasteiger partial charge in [-0.25, -0.2) is 0 Å². The van der Waals surface area contributed by atoms with E-state index in [0.29, 0.717) is 0 Å². The fraction of sp³-hybridized carbons (Fsp3) is 0.571. The van der Waals surface area contributed by atoms with Gasteiger partial charge in [0, 0.05) is 12.4 Å². The zero-order valence-corrected chi connectivity index (χ0v) is 13.1. The second-order valence-corrected chi connectivity index (χ2v) is 4.33. The smallest absolute Gasteiger partial charge is 0.321 e. The third-order valence-electron chi connectivity index (χ3n) is 2.65. The van der Waals surface area contributed by atoms with Crippen LogP contribution in [0, 0.1) is 11.8 Å². The van der Waals surface area contributed by atoms with Crippen LogP contribution >= 0.6 is 0 Å². The quantitative estimate of drug-likeness (QED) is 0.254. The van der Waals surface area contributed by atoms with Crippen LogP contribution in [0.25, 0.3) is 0 Å². The number of rotatable bonds is 9. The van der Waals surface area contributed by atoms with E-state index < -0.39 is 23.8 Å². The highest BCUT2D eigenvalue weighted by Gasteiger charge is 2.22. The molecular weight excluding hydrogens is 292 g/mol. The Morgan fingerprint density at radius 2 is 1.14 bits per heavy atom. The number of nitrogens with zero attached hydrogens (tertiary/aromatic N) is 2. The summed E-state index contributed by atoms with van der Waals surface area (Å²) < 4.78 is 8.96. The van der Waals surface area contributed by atoms with Crippen LogP contribution in [-0.4, -0.2) is 63.2 Å². The molecule has 0 bridgehead atoms. The number of aliphatic imine (C=N–C) groups is 2. The third kappa shape index (κ3) is 6.87. The van der Waals surface area contributed by atoms with Gasteiger partial charge in [-0.3, -0.25) is 29.2 Å². The molecule has 8 heteroatoms. The van der Waals surface area contributed by atoms with Gasteiger partial charge >= 0.3 is 11.9 Å². The van der Waals surface area contributed by atoms with Gasteiger partial charge in [-0.05, 0) is 13.8 Å². The Morgan fingerprint density at radius 3 is 1.36 bits per heavy atom. The Morgan fingerprint density at radius 1 is 0.818 bits per heavy atom. The summed E-state index contributed by atoms with van der Waals surface area (Å²) in [6.45, 7) is 2.92. The molecular formula is C14H20N2O6. The number of hydrogen-bond donors (Lipinski definition) is 0. The molecule has 0 aromatic rings. The van der Waals surface area contributed by atoms with Crippen LogP contribution < -0.4 is 0 Å². The topological polar surface area (TPSA) is 111 Å². The Kier molecular flexibility index (Phi) is 9.24. The number of esters is 2. The summed E-state index contributed by atoms with van der Waals surface area (Å²) in [6, 6.07) is 0. The largest absolute Gasteiger partial charge is 0.468 e. The van der Waals surface area contributed by atoms with E-state index in [2.05, 4.69) is 19.5 Å². The Labute approximate surface area is 128 Å². The molecule has 0 saturated carbocycles. The minimum Gasteiger partial charge on any atom is -0.468 e. The van der Waals surface area contributed by atoms with Gasteiger partial charge in [0.15, 0.2) is 0 Å². The van der Waals surface area contributed by atoms with Crippen LogP contribution in [0.5, 0.6) is 0 Å². The summed E-state index contributed by atoms with van der Waals surface area (Å²) in [5.74, 6) is -4.17. The van der Waals surface area contributed by atoms with Crippen molar-refractivity contribution in [1.29, 1.82) is 0 Å². The van der Waals surface area contributed by atoms with Crippen LogP contribution in [0.2, 0.25) is 0 Å². The molecule has 0 saturated heterocycles. The van der Waals surface area contributed by atoms with Crippen molar-refractivity contribution in [3.05, 3.63) is 0 Å². The van der Waals surface area contributed by atoms with Crippen LogP contribution in [0.1, 0.15) is 13.8 Å². The van der Waals surface area contributed by atoms with Crippen molar-refractivity contribution >= 4 is 35.9 Å². The van der Waals surface area contributed by atoms with Gasteiger partial charge in [0.25, 0.3) is 0 Å². The fourth-order valence-corrected chi connectivity index (χ4v) is 1.39. The number of ether oxygens (including phenoxy) is 2. The second-order valence-electron chi connectivity index (χ2n) is 4.33. The number of carbonyl (C=O) groups is 4. The zero-order valence-electron chi connectivity index (χ0n) is 13.1. The highest BCUT2D eigenvalue weighted by Crippen LogP contribution is 1.99. The SMILES string of the molecule is COC(=O)C(C=NCCN=CC(C(C)=O)C(=O)OC)C(C)=O. The molecule has 0 rings (SSSR count). The second kappa shape index (κ2) is 10.4. The number of Topliss-reactive ketones (excluding diaryl/α,β-unsaturated/α-hetero) is 2. The lowest BCUT2D eigenvalue weighted by molar-refractivity contribution is -0.147. The van der Waals surface area contributed by atoms with Crippen LogP contribution in [0.3, 0.4) is 0 Å². The molecule has 2 atom stereocenters. The van der Waals surface area contributed by atoms with E-state index in [9.17, 15) is 19.2 Å². The molecule has 2 unspecified atom stereocenters. The Balaban J connectivity index is 4.45. The lowest BCUT2D eigenvalue weighted by atomic mass is 10.1. The molecule has 0 aromatic carbocycles. The van der Waals surface area contributed by atoms with Crippen molar-refractivity contribution in [3.63, 3.8) is 0 Å². The monoisotopic (exact) mass is 312 g/mol. The molecule has 122 valence electrons. The first-order chi connectivity index (χ1) is 10.3. The van der Waals surface area contributed by atoms with Crippen molar-refractivity contribution < 1.29 is 28.7 Å². The molecule has 8 nitrogen and oxygen atoms in total. The van der Waals surface area contributed by atoms with E-state index in [1.807, 2.05) is 0 Å². The number of methoxy groups -OCH3 is 2. The summed E-state index contributed by atoms with van der Waals surface area (Å²) in [7, 11) is 2.37. The Bertz CT molecular complexity index is 440. The van der Waals surface area contributed by atoms with E-state index >= 15 is 0 Å². The highest BCUT2D eigenvalue weighted by molar-refractivity contribution is 6.11. The molecule has 0 heterocycles. The molecule has 0 N–H and O–H groups in total. The third-order valence-corrected chi connectivity index (χ3v) is 2.65. The lowest BCUT2D eigenvalue weighted by Gasteiger charge is -2.05. The van der Waals surface area contributed by atoms with Crippen molar-refractivity contribution in [2.75, 3.05) is 27.3 Å². The van der Waals surface area contributed by atoms with Gasteiger partial charge in [-0.15, -0.1) is 0 Å². The van der Waals surface area contributed by atoms with Gasteiger partial charge in [0.2, 0.25) is 0 Å². The molecule has 0 aliphatic heterocycles. The van der Waals surface area contributed by atoms with E-state index in [4.69, 9.17) is 0 Å². The average molecular weight is 312 g/mol. The molecule has 0 amide bonds. The van der Waals surface area contributed by atoms with Gasteiger partial charge in [0.1, 0.15) is 23.4 Å². The predicted molar refractivity (Wildman–Crippen MR) is 79.1 cm³/mol. The van der Waals surface area contributed by atoms with Gasteiger partial charge in [-0.1, -0.05) is 0 Å². The molecule has 0 aromatic heterocycles. The molecule has 0 aliphatic carbocycles. The van der Waals surface area contributed by atoms with E-state index in [1.165, 1.54) is 40.5 Å². The summed E-state index contributed by atoms with van der Waals surface area (Å²) in [5.41, 5.74) is 0. The molecule has 0 spiro atoms. The molecule has 22 heavy (non-hydrogen) atoms. The highest BCUT2D eigenvalue weighted by atomic mass is 16.5. The number of hydrogen-bond acceptors (Lipinski definition) is 8. The van der Waals surface area contributed by atoms with Crippen LogP contribution in [0.15, 0.2) is 9.98 Å². The van der Waals surface area contributed by atoms with Crippen molar-refractivity contribution in [3.8, 4) is 0 Å². The summed E-state index contributed by atoms with van der Waals surface area (Å²) >= 11 is 0. The maximum atomic E-state index is 11.3. The first kappa shape index (κ1) is 19.6. The van der Waals surface area contributed by atoms with E-state index in [1.54, 1.807) is 0 Å². The van der Waals surface area contributed by atoms with E-state index in [-0.39, 0.29) is 24.7 Å². The molecule has 0 aliphatic rings. The summed E-state index contributed by atoms with van der Waals surface area (Å²) in [5, 5.41) is 0. The minimum atomic E-state index is -1.03. The maximum absolute atomic E-state index is 11.3. The summed E-state index contributed by atoms with van der Waals surface area (Å²) in [6.07, 6.45) is 2.40. The summed E-state index contributed by atoms with van der Waals surface area (Å²) in [4.78, 5) is 52.9. The predicted octanol–water partition coefficient (Wildman–Crippen LogP) is -0.116. The van der Waals surface area contributed by atoms with E-state index in [0.717, 1.165) is 0 Å². The Hall–Kier alpha value is -2.38. The van der Waals surface area contributed by atoms with Gasteiger partial charge in [-0.2, -0.15) is 0 Å². The normalized spacial score (nSPS) is 13.8. The van der Waals surface area contributed by atoms with Crippen molar-refractivity contribution in [2.24, 2.45) is 21.8 Å². The van der Waals surface area contributed by atoms with Gasteiger partial charge in [0.05, 0.1) is 27.3 Å². The average Bonchev–Trinajstić information content (AvgIpc) is 2.47. The first-order valence-electron chi connectivity index (χ1n) is 6.51. The van der Waals surface area contributed by atoms with Crippen molar-refractivity contribution in [1.82, 2.24) is 0 Å².